The van der Waals surface area contributed by atoms with Crippen molar-refractivity contribution in [2.75, 3.05) is 11.5 Å². The predicted octanol–water partition coefficient (Wildman–Crippen LogP) is 3.86. The Hall–Kier alpha value is -1.88. The minimum absolute atomic E-state index is 0.0735. The molecule has 1 heterocycles. The molecule has 1 atom stereocenters. The van der Waals surface area contributed by atoms with E-state index in [-0.39, 0.29) is 5.78 Å². The van der Waals surface area contributed by atoms with Crippen LogP contribution in [-0.2, 0) is 0 Å². The van der Waals surface area contributed by atoms with Gasteiger partial charge in [-0.1, -0.05) is 49.9 Å². The molecule has 2 aromatic rings. The molecule has 5 heteroatoms. The summed E-state index contributed by atoms with van der Waals surface area (Å²) in [5, 5.41) is 0.544. The number of nitrogen functional groups attached to an aromatic ring is 1. The number of anilines is 1. The van der Waals surface area contributed by atoms with Crippen LogP contribution in [0.3, 0.4) is 0 Å². The van der Waals surface area contributed by atoms with Crippen molar-refractivity contribution in [2.24, 2.45) is 0 Å². The lowest BCUT2D eigenvalue weighted by molar-refractivity contribution is 0.102. The van der Waals surface area contributed by atoms with E-state index in [0.29, 0.717) is 22.6 Å². The van der Waals surface area contributed by atoms with Gasteiger partial charge in [-0.05, 0) is 24.8 Å². The van der Waals surface area contributed by atoms with Gasteiger partial charge in [-0.2, -0.15) is 0 Å². The molecule has 0 amide bonds. The third-order valence-electron chi connectivity index (χ3n) is 3.60. The fourth-order valence-corrected chi connectivity index (χ4v) is 2.88. The third-order valence-corrected chi connectivity index (χ3v) is 4.45. The van der Waals surface area contributed by atoms with Gasteiger partial charge in [0.15, 0.2) is 10.9 Å². The maximum Gasteiger partial charge on any atom is 0.190 e. The van der Waals surface area contributed by atoms with Gasteiger partial charge in [0.25, 0.3) is 0 Å². The van der Waals surface area contributed by atoms with Crippen molar-refractivity contribution in [3.63, 3.8) is 0 Å². The topological polar surface area (TPSA) is 68.9 Å². The van der Waals surface area contributed by atoms with Crippen LogP contribution in [0, 0.1) is 6.92 Å². The number of nitrogens with zero attached hydrogens (tertiary/aromatic N) is 2. The Morgan fingerprint density at radius 2 is 1.95 bits per heavy atom. The maximum absolute atomic E-state index is 12.2. The molecule has 4 nitrogen and oxygen atoms in total. The zero-order valence-corrected chi connectivity index (χ0v) is 14.0. The van der Waals surface area contributed by atoms with Gasteiger partial charge in [-0.3, -0.25) is 4.79 Å². The van der Waals surface area contributed by atoms with Gasteiger partial charge in [0.2, 0.25) is 0 Å². The van der Waals surface area contributed by atoms with E-state index in [1.54, 1.807) is 6.07 Å². The quantitative estimate of drug-likeness (QED) is 0.498. The van der Waals surface area contributed by atoms with Gasteiger partial charge >= 0.3 is 0 Å². The average Bonchev–Trinajstić information content (AvgIpc) is 2.51. The minimum atomic E-state index is 0.0735. The zero-order chi connectivity index (χ0) is 16.1. The molecule has 0 radical (unpaired) electrons. The second-order valence-electron chi connectivity index (χ2n) is 5.36. The van der Waals surface area contributed by atoms with E-state index in [2.05, 4.69) is 23.8 Å². The summed E-state index contributed by atoms with van der Waals surface area (Å²) < 4.78 is 0. The number of nitrogens with two attached hydrogens (primary N) is 1. The number of aromatic nitrogens is 2. The summed E-state index contributed by atoms with van der Waals surface area (Å²) in [6.45, 7) is 6.21. The molecule has 0 spiro atoms. The largest absolute Gasteiger partial charge is 0.384 e. The molecule has 2 N–H and O–H groups in total. The Labute approximate surface area is 135 Å². The maximum atomic E-state index is 12.2. The Kier molecular flexibility index (Phi) is 5.55. The molecule has 0 saturated carbocycles. The summed E-state index contributed by atoms with van der Waals surface area (Å²) in [6.07, 6.45) is 1.09. The van der Waals surface area contributed by atoms with Crippen molar-refractivity contribution < 1.29 is 4.79 Å². The van der Waals surface area contributed by atoms with E-state index in [4.69, 9.17) is 5.73 Å². The van der Waals surface area contributed by atoms with Crippen molar-refractivity contribution in [1.29, 1.82) is 0 Å². The molecule has 0 aliphatic heterocycles. The second kappa shape index (κ2) is 7.40. The van der Waals surface area contributed by atoms with Crippen molar-refractivity contribution in [3.05, 3.63) is 47.2 Å². The first-order chi connectivity index (χ1) is 10.5. The van der Waals surface area contributed by atoms with Gasteiger partial charge in [-0.25, -0.2) is 9.97 Å². The van der Waals surface area contributed by atoms with Crippen molar-refractivity contribution in [1.82, 2.24) is 9.97 Å². The fraction of sp³-hybridized carbons (Fsp3) is 0.353. The van der Waals surface area contributed by atoms with Crippen LogP contribution in [0.4, 0.5) is 5.82 Å². The molecule has 116 valence electrons. The standard InChI is InChI=1S/C17H21N3OS/c1-4-11(2)13-5-7-14(8-6-13)15(21)10-22-17-19-12(3)9-16(18)20-17/h5-9,11H,4,10H2,1-3H3,(H2,18,19,20). The summed E-state index contributed by atoms with van der Waals surface area (Å²) in [6, 6.07) is 9.58. The first kappa shape index (κ1) is 16.5. The molecule has 2 rings (SSSR count). The second-order valence-corrected chi connectivity index (χ2v) is 6.30. The van der Waals surface area contributed by atoms with E-state index in [1.807, 2.05) is 31.2 Å². The summed E-state index contributed by atoms with van der Waals surface area (Å²) in [7, 11) is 0. The van der Waals surface area contributed by atoms with E-state index in [9.17, 15) is 4.79 Å². The highest BCUT2D eigenvalue weighted by Gasteiger charge is 2.10. The van der Waals surface area contributed by atoms with Gasteiger partial charge < -0.3 is 5.73 Å². The lowest BCUT2D eigenvalue weighted by Gasteiger charge is -2.09. The highest BCUT2D eigenvalue weighted by molar-refractivity contribution is 7.99. The zero-order valence-electron chi connectivity index (χ0n) is 13.2. The normalized spacial score (nSPS) is 12.1. The van der Waals surface area contributed by atoms with Crippen LogP contribution in [0.1, 0.15) is 47.8 Å². The molecule has 0 saturated heterocycles. The van der Waals surface area contributed by atoms with E-state index >= 15 is 0 Å². The Morgan fingerprint density at radius 1 is 1.27 bits per heavy atom. The third kappa shape index (κ3) is 4.31. The molecule has 1 aromatic heterocycles. The summed E-state index contributed by atoms with van der Waals surface area (Å²) >= 11 is 1.31. The number of rotatable bonds is 6. The smallest absolute Gasteiger partial charge is 0.190 e. The number of benzene rings is 1. The first-order valence-electron chi connectivity index (χ1n) is 7.36. The summed E-state index contributed by atoms with van der Waals surface area (Å²) in [5.41, 5.74) is 8.48. The van der Waals surface area contributed by atoms with Gasteiger partial charge in [-0.15, -0.1) is 0 Å². The van der Waals surface area contributed by atoms with Crippen LogP contribution in [-0.4, -0.2) is 21.5 Å². The monoisotopic (exact) mass is 315 g/mol. The van der Waals surface area contributed by atoms with Crippen LogP contribution in [0.15, 0.2) is 35.5 Å². The first-order valence-corrected chi connectivity index (χ1v) is 8.35. The van der Waals surface area contributed by atoms with Crippen LogP contribution >= 0.6 is 11.8 Å². The van der Waals surface area contributed by atoms with Crippen molar-refractivity contribution in [2.45, 2.75) is 38.3 Å². The van der Waals surface area contributed by atoms with Crippen LogP contribution < -0.4 is 5.73 Å². The number of aryl methyl sites for hydroxylation is 1. The number of hydrogen-bond donors (Lipinski definition) is 1. The molecular weight excluding hydrogens is 294 g/mol. The number of ketones is 1. The van der Waals surface area contributed by atoms with E-state index < -0.39 is 0 Å². The number of carbonyl (C=O) groups is 1. The van der Waals surface area contributed by atoms with Gasteiger partial charge in [0.05, 0.1) is 5.75 Å². The molecule has 0 aliphatic carbocycles. The molecule has 0 aliphatic rings. The number of carbonyl (C=O) groups excluding carboxylic acids is 1. The van der Waals surface area contributed by atoms with Gasteiger partial charge in [0.1, 0.15) is 5.82 Å². The SMILES string of the molecule is CCC(C)c1ccc(C(=O)CSc2nc(C)cc(N)n2)cc1. The summed E-state index contributed by atoms with van der Waals surface area (Å²) in [5.74, 6) is 1.33. The highest BCUT2D eigenvalue weighted by atomic mass is 32.2. The van der Waals surface area contributed by atoms with Crippen LogP contribution in [0.5, 0.6) is 0 Å². The lowest BCUT2D eigenvalue weighted by Crippen LogP contribution is -2.04. The Balaban J connectivity index is 2.00. The fourth-order valence-electron chi connectivity index (χ4n) is 2.08. The van der Waals surface area contributed by atoms with Crippen LogP contribution in [0.2, 0.25) is 0 Å². The Morgan fingerprint density at radius 3 is 2.55 bits per heavy atom. The molecule has 0 bridgehead atoms. The molecule has 0 fully saturated rings. The van der Waals surface area contributed by atoms with Crippen molar-refractivity contribution >= 4 is 23.4 Å². The highest BCUT2D eigenvalue weighted by Crippen LogP contribution is 2.21. The Bertz CT molecular complexity index is 635. The molecule has 1 aromatic carbocycles. The molecule has 22 heavy (non-hydrogen) atoms. The lowest BCUT2D eigenvalue weighted by atomic mass is 9.97. The molecular formula is C17H21N3OS. The predicted molar refractivity (Wildman–Crippen MR) is 91.4 cm³/mol. The number of thioether (sulfide) groups is 1. The molecule has 1 unspecified atom stereocenters. The summed E-state index contributed by atoms with van der Waals surface area (Å²) in [4.78, 5) is 20.6. The van der Waals surface area contributed by atoms with Crippen molar-refractivity contribution in [3.8, 4) is 0 Å². The number of Topliss-reactive ketones (excluding diaryl/α,β-unsaturated/α-hetero) is 1. The average molecular weight is 315 g/mol. The van der Waals surface area contributed by atoms with E-state index in [0.717, 1.165) is 17.7 Å². The van der Waals surface area contributed by atoms with Gasteiger partial charge in [0, 0.05) is 17.3 Å². The number of hydrogen-bond acceptors (Lipinski definition) is 5. The minimum Gasteiger partial charge on any atom is -0.384 e. The van der Waals surface area contributed by atoms with Crippen LogP contribution in [0.25, 0.3) is 0 Å². The van der Waals surface area contributed by atoms with E-state index in [1.165, 1.54) is 17.3 Å².